The second kappa shape index (κ2) is 4.30. The molecular weight excluding hydrogens is 230 g/mol. The number of thioether (sulfide) groups is 1. The highest BCUT2D eigenvalue weighted by atomic mass is 32.2. The molecule has 2 nitrogen and oxygen atoms in total. The van der Waals surface area contributed by atoms with Crippen molar-refractivity contribution in [1.82, 2.24) is 5.32 Å². The van der Waals surface area contributed by atoms with Gasteiger partial charge in [-0.25, -0.2) is 0 Å². The van der Waals surface area contributed by atoms with Gasteiger partial charge in [0.1, 0.15) is 0 Å². The van der Waals surface area contributed by atoms with Crippen LogP contribution < -0.4 is 5.32 Å². The summed E-state index contributed by atoms with van der Waals surface area (Å²) in [4.78, 5) is 0. The molecule has 1 fully saturated rings. The van der Waals surface area contributed by atoms with E-state index in [9.17, 15) is 5.11 Å². The normalized spacial score (nSPS) is 36.8. The predicted octanol–water partition coefficient (Wildman–Crippen LogP) is 2.13. The van der Waals surface area contributed by atoms with Gasteiger partial charge in [0, 0.05) is 5.25 Å². The van der Waals surface area contributed by atoms with E-state index in [4.69, 9.17) is 0 Å². The summed E-state index contributed by atoms with van der Waals surface area (Å²) in [5.74, 6) is 1.07. The van der Waals surface area contributed by atoms with Crippen LogP contribution in [0.5, 0.6) is 0 Å². The first-order valence-electron chi connectivity index (χ1n) is 6.37. The number of hydrogen-bond donors (Lipinski definition) is 2. The molecule has 0 saturated carbocycles. The molecule has 1 saturated heterocycles. The van der Waals surface area contributed by atoms with Crippen molar-refractivity contribution < 1.29 is 5.11 Å². The second-order valence-corrected chi connectivity index (χ2v) is 6.54. The molecule has 92 valence electrons. The third-order valence-corrected chi connectivity index (χ3v) is 5.53. The van der Waals surface area contributed by atoms with E-state index in [1.165, 1.54) is 11.1 Å². The van der Waals surface area contributed by atoms with E-state index in [1.807, 2.05) is 11.8 Å². The molecule has 2 aliphatic heterocycles. The lowest BCUT2D eigenvalue weighted by molar-refractivity contribution is 0.00360. The zero-order valence-corrected chi connectivity index (χ0v) is 11.0. The van der Waals surface area contributed by atoms with Crippen molar-refractivity contribution in [2.75, 3.05) is 12.3 Å². The Bertz CT molecular complexity index is 422. The van der Waals surface area contributed by atoms with Crippen LogP contribution in [0, 0.1) is 0 Å². The van der Waals surface area contributed by atoms with Crippen molar-refractivity contribution >= 4 is 11.8 Å². The molecule has 0 radical (unpaired) electrons. The van der Waals surface area contributed by atoms with Gasteiger partial charge in [0.15, 0.2) is 0 Å². The molecule has 3 atom stereocenters. The van der Waals surface area contributed by atoms with Crippen molar-refractivity contribution in [1.29, 1.82) is 0 Å². The van der Waals surface area contributed by atoms with Crippen LogP contribution >= 0.6 is 11.8 Å². The molecule has 2 aliphatic rings. The number of hydrogen-bond acceptors (Lipinski definition) is 3. The van der Waals surface area contributed by atoms with Crippen molar-refractivity contribution in [3.05, 3.63) is 35.4 Å². The molecule has 0 aliphatic carbocycles. The molecule has 0 aromatic heterocycles. The number of aliphatic hydroxyl groups is 1. The number of rotatable bonds is 1. The van der Waals surface area contributed by atoms with Crippen LogP contribution in [0.25, 0.3) is 0 Å². The standard InChI is InChI=1S/C14H19NOS/c1-10-14(16,7-9-17-10)13-12-5-3-2-4-11(12)6-8-15-13/h2-5,10,13,15-16H,6-9H2,1H3. The van der Waals surface area contributed by atoms with Gasteiger partial charge in [-0.2, -0.15) is 11.8 Å². The zero-order chi connectivity index (χ0) is 11.9. The van der Waals surface area contributed by atoms with Gasteiger partial charge in [-0.1, -0.05) is 31.2 Å². The molecular formula is C14H19NOS. The van der Waals surface area contributed by atoms with Crippen molar-refractivity contribution in [2.24, 2.45) is 0 Å². The van der Waals surface area contributed by atoms with Crippen molar-refractivity contribution in [2.45, 2.75) is 36.7 Å². The van der Waals surface area contributed by atoms with E-state index in [0.717, 1.165) is 25.1 Å². The summed E-state index contributed by atoms with van der Waals surface area (Å²) >= 11 is 1.88. The summed E-state index contributed by atoms with van der Waals surface area (Å²) < 4.78 is 0. The van der Waals surface area contributed by atoms with Crippen LogP contribution in [0.2, 0.25) is 0 Å². The molecule has 1 aromatic carbocycles. The van der Waals surface area contributed by atoms with E-state index in [2.05, 4.69) is 36.5 Å². The van der Waals surface area contributed by atoms with Crippen LogP contribution in [0.4, 0.5) is 0 Å². The Kier molecular flexibility index (Phi) is 2.93. The van der Waals surface area contributed by atoms with E-state index in [-0.39, 0.29) is 6.04 Å². The minimum atomic E-state index is -0.582. The smallest absolute Gasteiger partial charge is 0.0964 e. The fraction of sp³-hybridized carbons (Fsp3) is 0.571. The summed E-state index contributed by atoms with van der Waals surface area (Å²) in [6, 6.07) is 8.64. The highest BCUT2D eigenvalue weighted by Crippen LogP contribution is 2.45. The first-order valence-corrected chi connectivity index (χ1v) is 7.42. The topological polar surface area (TPSA) is 32.3 Å². The largest absolute Gasteiger partial charge is 0.387 e. The fourth-order valence-corrected chi connectivity index (χ4v) is 4.42. The van der Waals surface area contributed by atoms with Crippen LogP contribution in [0.15, 0.2) is 24.3 Å². The highest BCUT2D eigenvalue weighted by molar-refractivity contribution is 8.00. The molecule has 0 amide bonds. The Balaban J connectivity index is 2.00. The first-order chi connectivity index (χ1) is 8.22. The highest BCUT2D eigenvalue weighted by Gasteiger charge is 2.47. The van der Waals surface area contributed by atoms with Crippen molar-refractivity contribution in [3.8, 4) is 0 Å². The van der Waals surface area contributed by atoms with Gasteiger partial charge >= 0.3 is 0 Å². The third-order valence-electron chi connectivity index (χ3n) is 4.18. The number of nitrogens with one attached hydrogen (secondary N) is 1. The SMILES string of the molecule is CC1SCCC1(O)C1NCCc2ccccc21. The Hall–Kier alpha value is -0.510. The Morgan fingerprint density at radius 1 is 1.41 bits per heavy atom. The average molecular weight is 249 g/mol. The maximum absolute atomic E-state index is 10.9. The van der Waals surface area contributed by atoms with Gasteiger partial charge in [-0.05, 0) is 36.3 Å². The molecule has 2 heterocycles. The molecule has 3 heteroatoms. The monoisotopic (exact) mass is 249 g/mol. The second-order valence-electron chi connectivity index (χ2n) is 5.09. The van der Waals surface area contributed by atoms with Crippen molar-refractivity contribution in [3.63, 3.8) is 0 Å². The maximum atomic E-state index is 10.9. The van der Waals surface area contributed by atoms with Gasteiger partial charge in [0.2, 0.25) is 0 Å². The molecule has 1 aromatic rings. The van der Waals surface area contributed by atoms with Crippen LogP contribution in [0.1, 0.15) is 30.5 Å². The molecule has 2 N–H and O–H groups in total. The summed E-state index contributed by atoms with van der Waals surface area (Å²) in [5.41, 5.74) is 2.12. The predicted molar refractivity (Wildman–Crippen MR) is 72.4 cm³/mol. The van der Waals surface area contributed by atoms with Crippen LogP contribution in [-0.2, 0) is 6.42 Å². The van der Waals surface area contributed by atoms with E-state index in [0.29, 0.717) is 5.25 Å². The zero-order valence-electron chi connectivity index (χ0n) is 10.1. The third kappa shape index (κ3) is 1.81. The maximum Gasteiger partial charge on any atom is 0.0964 e. The van der Waals surface area contributed by atoms with E-state index >= 15 is 0 Å². The lowest BCUT2D eigenvalue weighted by Gasteiger charge is -2.40. The van der Waals surface area contributed by atoms with Gasteiger partial charge in [-0.15, -0.1) is 0 Å². The Morgan fingerprint density at radius 3 is 3.00 bits per heavy atom. The lowest BCUT2D eigenvalue weighted by Crippen LogP contribution is -2.50. The fourth-order valence-electron chi connectivity index (χ4n) is 3.08. The summed E-state index contributed by atoms with van der Waals surface area (Å²) in [5, 5.41) is 14.8. The van der Waals surface area contributed by atoms with Gasteiger partial charge in [0.05, 0.1) is 11.6 Å². The van der Waals surface area contributed by atoms with E-state index in [1.54, 1.807) is 0 Å². The number of fused-ring (bicyclic) bond motifs is 1. The lowest BCUT2D eigenvalue weighted by atomic mass is 9.80. The Labute approximate surface area is 107 Å². The van der Waals surface area contributed by atoms with Gasteiger partial charge < -0.3 is 10.4 Å². The summed E-state index contributed by atoms with van der Waals surface area (Å²) in [6.45, 7) is 3.12. The summed E-state index contributed by atoms with van der Waals surface area (Å²) in [7, 11) is 0. The molecule has 3 rings (SSSR count). The summed E-state index contributed by atoms with van der Waals surface area (Å²) in [6.07, 6.45) is 1.97. The first kappa shape index (κ1) is 11.6. The van der Waals surface area contributed by atoms with E-state index < -0.39 is 5.60 Å². The molecule has 0 spiro atoms. The number of benzene rings is 1. The van der Waals surface area contributed by atoms with Crippen LogP contribution in [0.3, 0.4) is 0 Å². The quantitative estimate of drug-likeness (QED) is 0.800. The minimum absolute atomic E-state index is 0.109. The molecule has 0 bridgehead atoms. The molecule has 3 unspecified atom stereocenters. The van der Waals surface area contributed by atoms with Gasteiger partial charge in [-0.3, -0.25) is 0 Å². The minimum Gasteiger partial charge on any atom is -0.387 e. The molecule has 17 heavy (non-hydrogen) atoms. The average Bonchev–Trinajstić information content (AvgIpc) is 2.70. The Morgan fingerprint density at radius 2 is 2.24 bits per heavy atom. The van der Waals surface area contributed by atoms with Crippen LogP contribution in [-0.4, -0.2) is 28.3 Å². The van der Waals surface area contributed by atoms with Gasteiger partial charge in [0.25, 0.3) is 0 Å².